The number of aromatic nitrogens is 1. The van der Waals surface area contributed by atoms with Gasteiger partial charge in [0.2, 0.25) is 26.6 Å². The van der Waals surface area contributed by atoms with Crippen LogP contribution in [-0.2, 0) is 9.84 Å². The minimum absolute atomic E-state index is 0.132. The summed E-state index contributed by atoms with van der Waals surface area (Å²) >= 11 is 0. The molecule has 180 valence electrons. The van der Waals surface area contributed by atoms with Gasteiger partial charge in [-0.05, 0) is 60.7 Å². The monoisotopic (exact) mass is 493 g/mol. The number of hydrogen-bond acceptors (Lipinski definition) is 7. The molecule has 4 aromatic rings. The van der Waals surface area contributed by atoms with Crippen molar-refractivity contribution in [3.63, 3.8) is 0 Å². The molecule has 1 fully saturated rings. The lowest BCUT2D eigenvalue weighted by Crippen LogP contribution is -2.46. The molecule has 5 rings (SSSR count). The van der Waals surface area contributed by atoms with Crippen LogP contribution in [0.2, 0.25) is 0 Å². The van der Waals surface area contributed by atoms with Crippen LogP contribution in [0.5, 0.6) is 5.75 Å². The number of piperazine rings is 1. The molecule has 0 bridgehead atoms. The average Bonchev–Trinajstić information content (AvgIpc) is 3.36. The Morgan fingerprint density at radius 2 is 1.49 bits per heavy atom. The van der Waals surface area contributed by atoms with Gasteiger partial charge in [-0.15, -0.1) is 0 Å². The lowest BCUT2D eigenvalue weighted by molar-refractivity contribution is 0.415. The van der Waals surface area contributed by atoms with Crippen LogP contribution in [0, 0.1) is 5.82 Å². The number of oxazole rings is 1. The Morgan fingerprint density at radius 1 is 0.857 bits per heavy atom. The van der Waals surface area contributed by atoms with Crippen LogP contribution in [0.15, 0.2) is 93.2 Å². The molecule has 9 heteroatoms. The largest absolute Gasteiger partial charge is 0.497 e. The number of ether oxygens (including phenoxy) is 1. The van der Waals surface area contributed by atoms with Crippen molar-refractivity contribution in [3.8, 4) is 17.2 Å². The number of sulfone groups is 1. The first kappa shape index (κ1) is 22.9. The fourth-order valence-electron chi connectivity index (χ4n) is 4.06. The van der Waals surface area contributed by atoms with Crippen molar-refractivity contribution >= 4 is 21.4 Å². The third-order valence-electron chi connectivity index (χ3n) is 5.98. The highest BCUT2D eigenvalue weighted by Gasteiger charge is 2.32. The van der Waals surface area contributed by atoms with Crippen LogP contribution >= 0.6 is 0 Å². The van der Waals surface area contributed by atoms with E-state index >= 15 is 0 Å². The zero-order valence-electron chi connectivity index (χ0n) is 19.1. The molecule has 1 saturated heterocycles. The maximum Gasteiger partial charge on any atom is 0.236 e. The topological polar surface area (TPSA) is 75.9 Å². The van der Waals surface area contributed by atoms with E-state index in [1.54, 1.807) is 25.3 Å². The van der Waals surface area contributed by atoms with Gasteiger partial charge in [-0.25, -0.2) is 12.8 Å². The van der Waals surface area contributed by atoms with Crippen LogP contribution < -0.4 is 14.5 Å². The Morgan fingerprint density at radius 3 is 2.11 bits per heavy atom. The van der Waals surface area contributed by atoms with Crippen molar-refractivity contribution in [2.75, 3.05) is 43.1 Å². The van der Waals surface area contributed by atoms with Crippen molar-refractivity contribution < 1.29 is 22.0 Å². The van der Waals surface area contributed by atoms with Crippen molar-refractivity contribution in [2.24, 2.45) is 0 Å². The molecule has 0 saturated carbocycles. The van der Waals surface area contributed by atoms with E-state index in [9.17, 15) is 12.8 Å². The predicted octanol–water partition coefficient (Wildman–Crippen LogP) is 4.65. The van der Waals surface area contributed by atoms with Gasteiger partial charge in [0.05, 0.1) is 12.0 Å². The highest BCUT2D eigenvalue weighted by Crippen LogP contribution is 2.35. The summed E-state index contributed by atoms with van der Waals surface area (Å²) in [7, 11) is -2.30. The Balaban J connectivity index is 1.47. The third kappa shape index (κ3) is 4.59. The quantitative estimate of drug-likeness (QED) is 0.387. The molecular formula is C26H24FN3O4S. The average molecular weight is 494 g/mol. The lowest BCUT2D eigenvalue weighted by Gasteiger charge is -2.36. The number of rotatable bonds is 6. The summed E-state index contributed by atoms with van der Waals surface area (Å²) in [6.45, 7) is 2.43. The molecule has 1 aliphatic heterocycles. The van der Waals surface area contributed by atoms with E-state index in [4.69, 9.17) is 9.15 Å². The Bertz CT molecular complexity index is 1400. The molecule has 1 aliphatic rings. The number of benzene rings is 3. The fraction of sp³-hybridized carbons (Fsp3) is 0.192. The van der Waals surface area contributed by atoms with Crippen LogP contribution in [-0.4, -0.2) is 46.7 Å². The highest BCUT2D eigenvalue weighted by atomic mass is 32.2. The fourth-order valence-corrected chi connectivity index (χ4v) is 5.40. The van der Waals surface area contributed by atoms with E-state index in [0.29, 0.717) is 31.7 Å². The minimum atomic E-state index is -3.94. The Hall–Kier alpha value is -3.85. The van der Waals surface area contributed by atoms with Gasteiger partial charge in [-0.3, -0.25) is 0 Å². The first-order valence-corrected chi connectivity index (χ1v) is 12.6. The second kappa shape index (κ2) is 9.42. The predicted molar refractivity (Wildman–Crippen MR) is 131 cm³/mol. The summed E-state index contributed by atoms with van der Waals surface area (Å²) in [5.74, 6) is 0.722. The smallest absolute Gasteiger partial charge is 0.236 e. The van der Waals surface area contributed by atoms with Gasteiger partial charge in [0.25, 0.3) is 0 Å². The van der Waals surface area contributed by atoms with Gasteiger partial charge in [-0.1, -0.05) is 18.2 Å². The van der Waals surface area contributed by atoms with Crippen LogP contribution in [0.25, 0.3) is 11.5 Å². The van der Waals surface area contributed by atoms with Gasteiger partial charge >= 0.3 is 0 Å². The van der Waals surface area contributed by atoms with E-state index in [0.717, 1.165) is 11.4 Å². The first-order valence-electron chi connectivity index (χ1n) is 11.2. The number of nitrogens with zero attached hydrogens (tertiary/aromatic N) is 3. The summed E-state index contributed by atoms with van der Waals surface area (Å²) in [6, 6.07) is 21.6. The molecule has 0 radical (unpaired) electrons. The molecule has 35 heavy (non-hydrogen) atoms. The Labute approximate surface area is 203 Å². The third-order valence-corrected chi connectivity index (χ3v) is 7.65. The summed E-state index contributed by atoms with van der Waals surface area (Å²) in [5.41, 5.74) is 1.56. The molecule has 0 amide bonds. The zero-order chi connectivity index (χ0) is 24.4. The maximum atomic E-state index is 13.5. The molecule has 0 spiro atoms. The second-order valence-corrected chi connectivity index (χ2v) is 9.99. The summed E-state index contributed by atoms with van der Waals surface area (Å²) in [4.78, 5) is 8.64. The number of methoxy groups -OCH3 is 1. The summed E-state index contributed by atoms with van der Waals surface area (Å²) in [5, 5.41) is -0.138. The lowest BCUT2D eigenvalue weighted by atomic mass is 10.2. The van der Waals surface area contributed by atoms with Gasteiger partial charge < -0.3 is 19.0 Å². The van der Waals surface area contributed by atoms with Crippen molar-refractivity contribution in [2.45, 2.75) is 9.92 Å². The number of anilines is 2. The molecule has 0 unspecified atom stereocenters. The standard InChI is InChI=1S/C26H24FN3O4S/c1-33-22-13-11-21(12-14-22)29-15-17-30(18-16-29)26-25(35(31,32)23-5-3-2-4-6-23)28-24(34-26)19-7-9-20(27)10-8-19/h2-14H,15-18H2,1H3. The second-order valence-electron chi connectivity index (χ2n) is 8.12. The molecule has 1 aromatic heterocycles. The molecule has 0 atom stereocenters. The van der Waals surface area contributed by atoms with Gasteiger partial charge in [0, 0.05) is 37.4 Å². The highest BCUT2D eigenvalue weighted by molar-refractivity contribution is 7.91. The molecule has 0 N–H and O–H groups in total. The van der Waals surface area contributed by atoms with E-state index in [1.165, 1.54) is 36.4 Å². The first-order chi connectivity index (χ1) is 17.0. The molecular weight excluding hydrogens is 469 g/mol. The van der Waals surface area contributed by atoms with Crippen LogP contribution in [0.3, 0.4) is 0 Å². The Kier molecular flexibility index (Phi) is 6.17. The maximum absolute atomic E-state index is 13.5. The molecule has 0 aliphatic carbocycles. The van der Waals surface area contributed by atoms with Gasteiger partial charge in [0.15, 0.2) is 0 Å². The SMILES string of the molecule is COc1ccc(N2CCN(c3oc(-c4ccc(F)cc4)nc3S(=O)(=O)c3ccccc3)CC2)cc1. The van der Waals surface area contributed by atoms with E-state index in [2.05, 4.69) is 9.88 Å². The summed E-state index contributed by atoms with van der Waals surface area (Å²) in [6.07, 6.45) is 0. The minimum Gasteiger partial charge on any atom is -0.497 e. The van der Waals surface area contributed by atoms with E-state index in [-0.39, 0.29) is 21.7 Å². The van der Waals surface area contributed by atoms with E-state index < -0.39 is 15.7 Å². The van der Waals surface area contributed by atoms with Crippen molar-refractivity contribution in [1.82, 2.24) is 4.98 Å². The van der Waals surface area contributed by atoms with Gasteiger partial charge in [-0.2, -0.15) is 4.98 Å². The molecule has 2 heterocycles. The van der Waals surface area contributed by atoms with Crippen molar-refractivity contribution in [3.05, 3.63) is 84.7 Å². The normalized spacial score (nSPS) is 14.2. The van der Waals surface area contributed by atoms with Gasteiger partial charge in [0.1, 0.15) is 11.6 Å². The van der Waals surface area contributed by atoms with Crippen molar-refractivity contribution in [1.29, 1.82) is 0 Å². The van der Waals surface area contributed by atoms with Crippen LogP contribution in [0.1, 0.15) is 0 Å². The number of hydrogen-bond donors (Lipinski definition) is 0. The van der Waals surface area contributed by atoms with Crippen LogP contribution in [0.4, 0.5) is 16.0 Å². The molecule has 7 nitrogen and oxygen atoms in total. The van der Waals surface area contributed by atoms with E-state index in [1.807, 2.05) is 29.2 Å². The summed E-state index contributed by atoms with van der Waals surface area (Å²) < 4.78 is 51.7. The molecule has 3 aromatic carbocycles. The zero-order valence-corrected chi connectivity index (χ0v) is 19.9. The number of halogens is 1.